The molecule has 0 aromatic rings. The molecule has 0 amide bonds. The molecule has 0 fully saturated rings. The van der Waals surface area contributed by atoms with Crippen LogP contribution in [0.25, 0.3) is 0 Å². The molecule has 52 valence electrons. The number of aliphatic hydroxyl groups is 1. The molecule has 1 rings (SSSR count). The van der Waals surface area contributed by atoms with Crippen molar-refractivity contribution in [3.8, 4) is 6.07 Å². The van der Waals surface area contributed by atoms with Crippen LogP contribution in [0.1, 0.15) is 0 Å². The van der Waals surface area contributed by atoms with Crippen LogP contribution in [-0.2, 0) is 4.74 Å². The van der Waals surface area contributed by atoms with E-state index in [-0.39, 0.29) is 0 Å². The number of hydrogen-bond acceptors (Lipinski definition) is 3. The fourth-order valence-corrected chi connectivity index (χ4v) is 0.664. The molecule has 0 saturated carbocycles. The first kappa shape index (κ1) is 6.84. The molecule has 1 unspecified atom stereocenters. The first-order valence-corrected chi connectivity index (χ1v) is 2.89. The van der Waals surface area contributed by atoms with E-state index in [2.05, 4.69) is 0 Å². The second-order valence-electron chi connectivity index (χ2n) is 1.91. The summed E-state index contributed by atoms with van der Waals surface area (Å²) in [7, 11) is 0. The molecule has 1 aliphatic rings. The molecule has 3 heteroatoms. The van der Waals surface area contributed by atoms with Crippen LogP contribution in [0.15, 0.2) is 24.0 Å². The zero-order chi connectivity index (χ0) is 7.40. The third kappa shape index (κ3) is 1.36. The summed E-state index contributed by atoms with van der Waals surface area (Å²) in [5.41, 5.74) is 0.602. The summed E-state index contributed by atoms with van der Waals surface area (Å²) in [4.78, 5) is 0. The van der Waals surface area contributed by atoms with Gasteiger partial charge >= 0.3 is 0 Å². The smallest absolute Gasteiger partial charge is 0.165 e. The Hall–Kier alpha value is -1.27. The lowest BCUT2D eigenvalue weighted by molar-refractivity contribution is 0.213. The highest BCUT2D eigenvalue weighted by atomic mass is 16.5. The average molecular weight is 137 g/mol. The molecule has 0 aliphatic carbocycles. The van der Waals surface area contributed by atoms with Crippen LogP contribution in [0.4, 0.5) is 0 Å². The molecule has 3 nitrogen and oxygen atoms in total. The van der Waals surface area contributed by atoms with Crippen molar-refractivity contribution in [1.29, 1.82) is 5.26 Å². The SMILES string of the molecule is N#CC(O)C1=CC=COC1. The third-order valence-electron chi connectivity index (χ3n) is 1.21. The summed E-state index contributed by atoms with van der Waals surface area (Å²) in [6.45, 7) is 0.311. The van der Waals surface area contributed by atoms with Crippen LogP contribution in [0.3, 0.4) is 0 Å². The minimum atomic E-state index is -1.02. The molecule has 1 heterocycles. The lowest BCUT2D eigenvalue weighted by Crippen LogP contribution is -2.12. The van der Waals surface area contributed by atoms with Crippen LogP contribution >= 0.6 is 0 Å². The van der Waals surface area contributed by atoms with Crippen molar-refractivity contribution in [3.63, 3.8) is 0 Å². The number of rotatable bonds is 1. The fourth-order valence-electron chi connectivity index (χ4n) is 0.664. The highest BCUT2D eigenvalue weighted by Gasteiger charge is 2.09. The quantitative estimate of drug-likeness (QED) is 0.530. The van der Waals surface area contributed by atoms with Crippen molar-refractivity contribution in [3.05, 3.63) is 24.0 Å². The lowest BCUT2D eigenvalue weighted by atomic mass is 10.1. The van der Waals surface area contributed by atoms with Gasteiger partial charge in [0, 0.05) is 5.57 Å². The largest absolute Gasteiger partial charge is 0.497 e. The Bertz CT molecular complexity index is 212. The summed E-state index contributed by atoms with van der Waals surface area (Å²) < 4.78 is 4.85. The van der Waals surface area contributed by atoms with E-state index in [0.717, 1.165) is 0 Å². The van der Waals surface area contributed by atoms with Gasteiger partial charge in [-0.25, -0.2) is 0 Å². The van der Waals surface area contributed by atoms with Gasteiger partial charge in [-0.15, -0.1) is 0 Å². The molecular formula is C7H7NO2. The molecule has 1 atom stereocenters. The van der Waals surface area contributed by atoms with E-state index in [1.54, 1.807) is 18.2 Å². The van der Waals surface area contributed by atoms with Crippen LogP contribution in [0, 0.1) is 11.3 Å². The van der Waals surface area contributed by atoms with Gasteiger partial charge in [0.1, 0.15) is 6.61 Å². The fraction of sp³-hybridized carbons (Fsp3) is 0.286. The van der Waals surface area contributed by atoms with E-state index >= 15 is 0 Å². The molecular weight excluding hydrogens is 130 g/mol. The summed E-state index contributed by atoms with van der Waals surface area (Å²) >= 11 is 0. The Labute approximate surface area is 58.8 Å². The second-order valence-corrected chi connectivity index (χ2v) is 1.91. The van der Waals surface area contributed by atoms with Crippen LogP contribution in [0.2, 0.25) is 0 Å². The average Bonchev–Trinajstić information content (AvgIpc) is 2.05. The molecule has 0 aromatic carbocycles. The van der Waals surface area contributed by atoms with E-state index in [4.69, 9.17) is 15.1 Å². The highest BCUT2D eigenvalue weighted by Crippen LogP contribution is 2.06. The van der Waals surface area contributed by atoms with Gasteiger partial charge in [-0.2, -0.15) is 5.26 Å². The number of nitrogens with zero attached hydrogens (tertiary/aromatic N) is 1. The molecule has 0 bridgehead atoms. The van der Waals surface area contributed by atoms with Gasteiger partial charge in [0.15, 0.2) is 6.10 Å². The van der Waals surface area contributed by atoms with Crippen molar-refractivity contribution < 1.29 is 9.84 Å². The van der Waals surface area contributed by atoms with Crippen LogP contribution in [-0.4, -0.2) is 17.8 Å². The van der Waals surface area contributed by atoms with Crippen molar-refractivity contribution in [2.45, 2.75) is 6.10 Å². The summed E-state index contributed by atoms with van der Waals surface area (Å²) in [6.07, 6.45) is 3.83. The molecule has 10 heavy (non-hydrogen) atoms. The van der Waals surface area contributed by atoms with Gasteiger partial charge < -0.3 is 9.84 Å². The van der Waals surface area contributed by atoms with Gasteiger partial charge in [-0.1, -0.05) is 6.08 Å². The Morgan fingerprint density at radius 1 is 1.80 bits per heavy atom. The highest BCUT2D eigenvalue weighted by molar-refractivity contribution is 5.23. The van der Waals surface area contributed by atoms with Gasteiger partial charge in [0.25, 0.3) is 0 Å². The first-order valence-electron chi connectivity index (χ1n) is 2.89. The van der Waals surface area contributed by atoms with Crippen LogP contribution in [0.5, 0.6) is 0 Å². The summed E-state index contributed by atoms with van der Waals surface area (Å²) in [5.74, 6) is 0. The Kier molecular flexibility index (Phi) is 2.08. The topological polar surface area (TPSA) is 53.2 Å². The maximum atomic E-state index is 8.94. The Morgan fingerprint density at radius 3 is 3.10 bits per heavy atom. The first-order chi connectivity index (χ1) is 4.84. The van der Waals surface area contributed by atoms with E-state index < -0.39 is 6.10 Å². The van der Waals surface area contributed by atoms with E-state index in [1.165, 1.54) is 6.26 Å². The standard InChI is InChI=1S/C7H7NO2/c8-4-7(9)6-2-1-3-10-5-6/h1-3,7,9H,5H2. The maximum Gasteiger partial charge on any atom is 0.165 e. The van der Waals surface area contributed by atoms with Crippen molar-refractivity contribution in [2.24, 2.45) is 0 Å². The predicted molar refractivity (Wildman–Crippen MR) is 34.8 cm³/mol. The molecule has 0 radical (unpaired) electrons. The van der Waals surface area contributed by atoms with Crippen LogP contribution < -0.4 is 0 Å². The minimum absolute atomic E-state index is 0.311. The lowest BCUT2D eigenvalue weighted by Gasteiger charge is -2.09. The zero-order valence-corrected chi connectivity index (χ0v) is 5.32. The Morgan fingerprint density at radius 2 is 2.60 bits per heavy atom. The number of allylic oxidation sites excluding steroid dienone is 2. The van der Waals surface area contributed by atoms with Gasteiger partial charge in [0.05, 0.1) is 12.3 Å². The molecule has 0 saturated heterocycles. The third-order valence-corrected chi connectivity index (χ3v) is 1.21. The number of nitriles is 1. The van der Waals surface area contributed by atoms with E-state index in [0.29, 0.717) is 12.2 Å². The number of aliphatic hydroxyl groups excluding tert-OH is 1. The predicted octanol–water partition coefficient (Wildman–Crippen LogP) is 0.341. The van der Waals surface area contributed by atoms with E-state index in [9.17, 15) is 0 Å². The minimum Gasteiger partial charge on any atom is -0.497 e. The Balaban J connectivity index is 2.64. The number of hydrogen-bond donors (Lipinski definition) is 1. The summed E-state index contributed by atoms with van der Waals surface area (Å²) in [6, 6.07) is 1.71. The second kappa shape index (κ2) is 3.04. The van der Waals surface area contributed by atoms with E-state index in [1.807, 2.05) is 0 Å². The monoisotopic (exact) mass is 137 g/mol. The molecule has 1 aliphatic heterocycles. The van der Waals surface area contributed by atoms with Crippen molar-refractivity contribution in [2.75, 3.05) is 6.61 Å². The van der Waals surface area contributed by atoms with Crippen molar-refractivity contribution in [1.82, 2.24) is 0 Å². The molecule has 0 aromatic heterocycles. The maximum absolute atomic E-state index is 8.94. The van der Waals surface area contributed by atoms with Gasteiger partial charge in [-0.05, 0) is 6.08 Å². The van der Waals surface area contributed by atoms with Gasteiger partial charge in [-0.3, -0.25) is 0 Å². The summed E-state index contributed by atoms with van der Waals surface area (Å²) in [5, 5.41) is 17.2. The number of ether oxygens (including phenoxy) is 1. The molecule has 0 spiro atoms. The normalized spacial score (nSPS) is 18.6. The zero-order valence-electron chi connectivity index (χ0n) is 5.32. The molecule has 1 N–H and O–H groups in total. The van der Waals surface area contributed by atoms with Gasteiger partial charge in [0.2, 0.25) is 0 Å². The van der Waals surface area contributed by atoms with Crippen molar-refractivity contribution >= 4 is 0 Å².